The number of hydrogen-bond donors (Lipinski definition) is 3. The lowest BCUT2D eigenvalue weighted by Crippen LogP contribution is -2.32. The number of nitrogens with zero attached hydrogens (tertiary/aromatic N) is 4. The first-order chi connectivity index (χ1) is 16.7. The molecule has 2 heterocycles. The Bertz CT molecular complexity index is 1200. The van der Waals surface area contributed by atoms with E-state index in [1.54, 1.807) is 32.4 Å². The molecule has 2 aromatic heterocycles. The van der Waals surface area contributed by atoms with Gasteiger partial charge in [-0.2, -0.15) is 9.97 Å². The zero-order valence-electron chi connectivity index (χ0n) is 20.1. The number of aromatic nitrogens is 4. The number of fused-ring (bicyclic) bond motifs is 1. The number of carbonyl (C=O) groups is 1. The van der Waals surface area contributed by atoms with Crippen LogP contribution in [0.2, 0.25) is 0 Å². The van der Waals surface area contributed by atoms with Crippen LogP contribution in [0.4, 0.5) is 5.82 Å². The van der Waals surface area contributed by atoms with Crippen molar-refractivity contribution in [3.63, 3.8) is 0 Å². The number of anilines is 1. The molecule has 0 saturated heterocycles. The van der Waals surface area contributed by atoms with Crippen LogP contribution in [0.1, 0.15) is 31.9 Å². The van der Waals surface area contributed by atoms with Gasteiger partial charge in [-0.25, -0.2) is 4.98 Å². The number of nitrogens with one attached hydrogen (secondary N) is 1. The molecule has 0 radical (unpaired) electrons. The lowest BCUT2D eigenvalue weighted by molar-refractivity contribution is -0.148. The number of hydrogen-bond acceptors (Lipinski definition) is 10. The van der Waals surface area contributed by atoms with Crippen molar-refractivity contribution in [3.8, 4) is 6.01 Å². The van der Waals surface area contributed by atoms with Crippen molar-refractivity contribution in [2.24, 2.45) is 0 Å². The van der Waals surface area contributed by atoms with Crippen molar-refractivity contribution in [1.29, 1.82) is 0 Å². The van der Waals surface area contributed by atoms with Crippen LogP contribution in [0, 0.1) is 0 Å². The Morgan fingerprint density at radius 1 is 1.20 bits per heavy atom. The van der Waals surface area contributed by atoms with E-state index >= 15 is 0 Å². The van der Waals surface area contributed by atoms with Gasteiger partial charge in [-0.1, -0.05) is 24.3 Å². The second-order valence-electron chi connectivity index (χ2n) is 8.17. The fourth-order valence-corrected chi connectivity index (χ4v) is 4.87. The van der Waals surface area contributed by atoms with E-state index in [4.69, 9.17) is 19.9 Å². The van der Waals surface area contributed by atoms with Gasteiger partial charge >= 0.3 is 12.0 Å². The van der Waals surface area contributed by atoms with E-state index in [1.165, 1.54) is 0 Å². The topological polar surface area (TPSA) is 143 Å². The minimum absolute atomic E-state index is 0.130. The number of imidazole rings is 1. The van der Waals surface area contributed by atoms with Gasteiger partial charge in [0.1, 0.15) is 20.6 Å². The molecule has 0 spiro atoms. The number of methoxy groups -OCH3 is 1. The second-order valence-corrected chi connectivity index (χ2v) is 10.1. The Balaban J connectivity index is 1.74. The minimum Gasteiger partial charge on any atom is -0.462 e. The number of esters is 1. The van der Waals surface area contributed by atoms with Crippen LogP contribution in [0.3, 0.4) is 0 Å². The highest BCUT2D eigenvalue weighted by molar-refractivity contribution is 7.80. The molecule has 35 heavy (non-hydrogen) atoms. The van der Waals surface area contributed by atoms with Gasteiger partial charge in [0.25, 0.3) is 0 Å². The molecule has 3 rings (SSSR count). The molecule has 0 aliphatic heterocycles. The summed E-state index contributed by atoms with van der Waals surface area (Å²) in [5.74, 6) is -0.229. The molecule has 0 saturated carbocycles. The normalized spacial score (nSPS) is 13.2. The van der Waals surface area contributed by atoms with E-state index in [-0.39, 0.29) is 24.5 Å². The third-order valence-corrected chi connectivity index (χ3v) is 6.71. The van der Waals surface area contributed by atoms with Crippen LogP contribution < -0.4 is 15.6 Å². The molecule has 3 aromatic rings. The zero-order valence-corrected chi connectivity index (χ0v) is 22.0. The fourth-order valence-electron chi connectivity index (χ4n) is 3.31. The van der Waals surface area contributed by atoms with Gasteiger partial charge in [-0.15, -0.1) is 12.6 Å². The molecule has 1 unspecified atom stereocenters. The quantitative estimate of drug-likeness (QED) is 0.141. The Kier molecular flexibility index (Phi) is 9.50. The highest BCUT2D eigenvalue weighted by atomic mass is 32.1. The summed E-state index contributed by atoms with van der Waals surface area (Å²) in [4.78, 5) is 25.0. The van der Waals surface area contributed by atoms with Crippen molar-refractivity contribution >= 4 is 43.5 Å². The van der Waals surface area contributed by atoms with Crippen molar-refractivity contribution < 1.29 is 23.6 Å². The standard InChI is InChI=1S/C22H31N6O5PS/c1-13(2)33-20(29)14(3)27-34(30)12-16-7-5-6-15(10-16)11-28-19-17(24-22(28)35)18(23)25-21(26-19)32-9-8-31-4/h5-7,10,13-14,34H,8-9,11-12H2,1-4H3,(H,24,35)(H,27,30)(H2,23,25,26)/t14-/m0/s1. The fraction of sp³-hybridized carbons (Fsp3) is 0.455. The van der Waals surface area contributed by atoms with E-state index in [0.717, 1.165) is 11.1 Å². The van der Waals surface area contributed by atoms with Crippen LogP contribution in [0.15, 0.2) is 29.4 Å². The maximum atomic E-state index is 12.6. The lowest BCUT2D eigenvalue weighted by atomic mass is 10.1. The number of nitrogen functional groups attached to an aromatic ring is 1. The summed E-state index contributed by atoms with van der Waals surface area (Å²) in [7, 11) is -0.686. The van der Waals surface area contributed by atoms with Crippen LogP contribution in [0.5, 0.6) is 6.01 Å². The summed E-state index contributed by atoms with van der Waals surface area (Å²) in [6.45, 7) is 6.27. The molecule has 1 aromatic carbocycles. The molecular weight excluding hydrogens is 491 g/mol. The average molecular weight is 523 g/mol. The van der Waals surface area contributed by atoms with Gasteiger partial charge in [0.15, 0.2) is 22.1 Å². The Morgan fingerprint density at radius 2 is 1.94 bits per heavy atom. The van der Waals surface area contributed by atoms with E-state index < -0.39 is 20.0 Å². The van der Waals surface area contributed by atoms with Gasteiger partial charge in [0.05, 0.1) is 19.3 Å². The van der Waals surface area contributed by atoms with Crippen LogP contribution in [-0.2, 0) is 31.5 Å². The molecular formula is C22H31N6O5PS. The van der Waals surface area contributed by atoms with Crippen LogP contribution >= 0.6 is 20.6 Å². The zero-order chi connectivity index (χ0) is 25.5. The Labute approximate surface area is 210 Å². The summed E-state index contributed by atoms with van der Waals surface area (Å²) in [6.07, 6.45) is 0.0679. The van der Waals surface area contributed by atoms with Crippen molar-refractivity contribution in [1.82, 2.24) is 24.6 Å². The summed E-state index contributed by atoms with van der Waals surface area (Å²) in [6, 6.07) is 7.14. The predicted molar refractivity (Wildman–Crippen MR) is 136 cm³/mol. The summed E-state index contributed by atoms with van der Waals surface area (Å²) in [5, 5.41) is 3.28. The monoisotopic (exact) mass is 522 g/mol. The number of benzene rings is 1. The largest absolute Gasteiger partial charge is 0.462 e. The number of carbonyl (C=O) groups excluding carboxylic acids is 1. The number of thiol groups is 1. The highest BCUT2D eigenvalue weighted by Crippen LogP contribution is 2.27. The molecule has 0 amide bonds. The molecule has 3 N–H and O–H groups in total. The summed E-state index contributed by atoms with van der Waals surface area (Å²) >= 11 is 4.48. The van der Waals surface area contributed by atoms with Gasteiger partial charge in [0, 0.05) is 13.3 Å². The maximum Gasteiger partial charge on any atom is 0.323 e. The van der Waals surface area contributed by atoms with E-state index in [9.17, 15) is 9.36 Å². The third-order valence-electron chi connectivity index (χ3n) is 4.88. The van der Waals surface area contributed by atoms with E-state index in [2.05, 4.69) is 32.7 Å². The molecule has 13 heteroatoms. The average Bonchev–Trinajstić information content (AvgIpc) is 3.09. The van der Waals surface area contributed by atoms with Gasteiger partial charge in [-0.3, -0.25) is 14.4 Å². The Morgan fingerprint density at radius 3 is 2.66 bits per heavy atom. The maximum absolute atomic E-state index is 12.6. The van der Waals surface area contributed by atoms with Crippen LogP contribution in [0.25, 0.3) is 11.2 Å². The lowest BCUT2D eigenvalue weighted by Gasteiger charge is -2.15. The number of ether oxygens (including phenoxy) is 3. The van der Waals surface area contributed by atoms with Gasteiger partial charge in [-0.05, 0) is 31.9 Å². The van der Waals surface area contributed by atoms with E-state index in [1.807, 2.05) is 24.3 Å². The van der Waals surface area contributed by atoms with Crippen molar-refractivity contribution in [2.75, 3.05) is 26.1 Å². The molecule has 0 bridgehead atoms. The van der Waals surface area contributed by atoms with Gasteiger partial charge in [0.2, 0.25) is 0 Å². The number of nitrogens with two attached hydrogens (primary N) is 1. The van der Waals surface area contributed by atoms with E-state index in [0.29, 0.717) is 35.6 Å². The molecule has 2 atom stereocenters. The molecule has 0 aliphatic rings. The van der Waals surface area contributed by atoms with Crippen molar-refractivity contribution in [3.05, 3.63) is 35.4 Å². The number of rotatable bonds is 12. The minimum atomic E-state index is -2.26. The second kappa shape index (κ2) is 12.3. The summed E-state index contributed by atoms with van der Waals surface area (Å²) < 4.78 is 30.1. The SMILES string of the molecule is COCCOc1nc(N)c2nc(S)n(Cc3cccc(C[PH](=O)N[C@@H](C)C(=O)OC(C)C)c3)c2n1. The van der Waals surface area contributed by atoms with Gasteiger partial charge < -0.3 is 24.5 Å². The first-order valence-electron chi connectivity index (χ1n) is 11.1. The molecule has 0 fully saturated rings. The molecule has 0 aliphatic carbocycles. The Hall–Kier alpha value is -2.66. The van der Waals surface area contributed by atoms with Crippen LogP contribution in [-0.4, -0.2) is 58.0 Å². The highest BCUT2D eigenvalue weighted by Gasteiger charge is 2.19. The summed E-state index contributed by atoms with van der Waals surface area (Å²) in [5.41, 5.74) is 8.78. The first-order valence-corrected chi connectivity index (χ1v) is 13.2. The first kappa shape index (κ1) is 26.9. The predicted octanol–water partition coefficient (Wildman–Crippen LogP) is 2.68. The molecule has 11 nitrogen and oxygen atoms in total. The third kappa shape index (κ3) is 7.41. The van der Waals surface area contributed by atoms with Crippen molar-refractivity contribution in [2.45, 2.75) is 50.8 Å². The smallest absolute Gasteiger partial charge is 0.323 e. The molecule has 190 valence electrons.